The van der Waals surface area contributed by atoms with Gasteiger partial charge in [0.25, 0.3) is 5.56 Å². The lowest BCUT2D eigenvalue weighted by Crippen LogP contribution is -2.57. The Bertz CT molecular complexity index is 1110. The van der Waals surface area contributed by atoms with Gasteiger partial charge >= 0.3 is 5.97 Å². The Morgan fingerprint density at radius 1 is 1.15 bits per heavy atom. The number of ketones is 1. The number of pyridine rings is 1. The molecule has 3 rings (SSSR count). The van der Waals surface area contributed by atoms with Gasteiger partial charge in [0, 0.05) is 29.6 Å². The zero-order chi connectivity index (χ0) is 19.8. The van der Waals surface area contributed by atoms with Crippen molar-refractivity contribution in [3.8, 4) is 0 Å². The number of carboxylic acid groups (broad SMARTS) is 1. The maximum absolute atomic E-state index is 12.8. The number of benzene rings is 2. The summed E-state index contributed by atoms with van der Waals surface area (Å²) in [5.74, 6) is -2.29. The van der Waals surface area contributed by atoms with Gasteiger partial charge in [0.2, 0.25) is 0 Å². The molecule has 1 aromatic heterocycles. The molecule has 0 bridgehead atoms. The van der Waals surface area contributed by atoms with Crippen LogP contribution in [0.15, 0.2) is 59.4 Å². The number of aromatic nitrogens is 1. The van der Waals surface area contributed by atoms with Gasteiger partial charge in [0.05, 0.1) is 5.52 Å². The molecule has 27 heavy (non-hydrogen) atoms. The van der Waals surface area contributed by atoms with Crippen LogP contribution in [-0.2, 0) is 18.3 Å². The van der Waals surface area contributed by atoms with Crippen LogP contribution < -0.4 is 11.3 Å². The van der Waals surface area contributed by atoms with Crippen molar-refractivity contribution >= 4 is 34.3 Å². The van der Waals surface area contributed by atoms with Crippen molar-refractivity contribution in [1.82, 2.24) is 4.57 Å². The Balaban J connectivity index is 2.09. The van der Waals surface area contributed by atoms with Crippen molar-refractivity contribution in [2.45, 2.75) is 12.0 Å². The Labute approximate surface area is 159 Å². The summed E-state index contributed by atoms with van der Waals surface area (Å²) in [5, 5.41) is 10.8. The largest absolute Gasteiger partial charge is 0.480 e. The molecule has 3 aromatic rings. The summed E-state index contributed by atoms with van der Waals surface area (Å²) < 4.78 is 1.42. The third-order valence-electron chi connectivity index (χ3n) is 4.57. The molecule has 0 fully saturated rings. The first-order valence-electron chi connectivity index (χ1n) is 8.14. The van der Waals surface area contributed by atoms with Crippen molar-refractivity contribution < 1.29 is 14.7 Å². The van der Waals surface area contributed by atoms with Crippen LogP contribution >= 0.6 is 11.6 Å². The van der Waals surface area contributed by atoms with Gasteiger partial charge in [0.15, 0.2) is 11.3 Å². The molecule has 0 saturated carbocycles. The minimum absolute atomic E-state index is 0.113. The number of aryl methyl sites for hydroxylation is 1. The predicted octanol–water partition coefficient (Wildman–Crippen LogP) is 2.40. The lowest BCUT2D eigenvalue weighted by molar-refractivity contribution is -0.141. The predicted molar refractivity (Wildman–Crippen MR) is 103 cm³/mol. The average Bonchev–Trinajstić information content (AvgIpc) is 2.65. The van der Waals surface area contributed by atoms with Crippen molar-refractivity contribution in [3.63, 3.8) is 0 Å². The van der Waals surface area contributed by atoms with Crippen LogP contribution in [0.5, 0.6) is 0 Å². The Kier molecular flexibility index (Phi) is 4.87. The average molecular weight is 385 g/mol. The second kappa shape index (κ2) is 6.98. The number of carbonyl (C=O) groups is 2. The summed E-state index contributed by atoms with van der Waals surface area (Å²) in [6, 6.07) is 14.6. The number of halogens is 1. The maximum Gasteiger partial charge on any atom is 0.332 e. The van der Waals surface area contributed by atoms with Crippen molar-refractivity contribution in [2.75, 3.05) is 0 Å². The summed E-state index contributed by atoms with van der Waals surface area (Å²) in [5.41, 5.74) is 4.32. The van der Waals surface area contributed by atoms with Crippen LogP contribution in [0.4, 0.5) is 0 Å². The molecule has 0 aliphatic heterocycles. The normalized spacial score (nSPS) is 13.3. The van der Waals surface area contributed by atoms with Gasteiger partial charge in [-0.25, -0.2) is 4.79 Å². The summed E-state index contributed by atoms with van der Waals surface area (Å²) in [6.07, 6.45) is -0.429. The van der Waals surface area contributed by atoms with E-state index in [4.69, 9.17) is 17.3 Å². The molecule has 6 nitrogen and oxygen atoms in total. The van der Waals surface area contributed by atoms with E-state index in [1.807, 2.05) is 6.07 Å². The zero-order valence-corrected chi connectivity index (χ0v) is 15.2. The smallest absolute Gasteiger partial charge is 0.332 e. The van der Waals surface area contributed by atoms with Crippen molar-refractivity contribution in [3.05, 3.63) is 81.1 Å². The molecule has 0 saturated heterocycles. The topological polar surface area (TPSA) is 102 Å². The number of nitrogens with two attached hydrogens (primary N) is 1. The van der Waals surface area contributed by atoms with E-state index >= 15 is 0 Å². The van der Waals surface area contributed by atoms with Crippen LogP contribution in [0.3, 0.4) is 0 Å². The number of aliphatic carboxylic acids is 1. The summed E-state index contributed by atoms with van der Waals surface area (Å²) in [7, 11) is 1.59. The first-order valence-corrected chi connectivity index (χ1v) is 8.52. The molecular formula is C20H17ClN2O4. The monoisotopic (exact) mass is 384 g/mol. The molecule has 0 radical (unpaired) electrons. The van der Waals surface area contributed by atoms with Crippen molar-refractivity contribution in [1.29, 1.82) is 0 Å². The summed E-state index contributed by atoms with van der Waals surface area (Å²) in [4.78, 5) is 37.4. The van der Waals surface area contributed by atoms with E-state index in [9.17, 15) is 19.5 Å². The molecule has 2 aromatic carbocycles. The number of carbonyl (C=O) groups excluding carboxylic acids is 1. The van der Waals surface area contributed by atoms with Gasteiger partial charge in [-0.1, -0.05) is 29.8 Å². The molecule has 0 aliphatic carbocycles. The van der Waals surface area contributed by atoms with Gasteiger partial charge in [0.1, 0.15) is 0 Å². The fourth-order valence-electron chi connectivity index (χ4n) is 3.03. The third kappa shape index (κ3) is 3.37. The first-order chi connectivity index (χ1) is 12.7. The molecule has 1 unspecified atom stereocenters. The summed E-state index contributed by atoms with van der Waals surface area (Å²) >= 11 is 5.81. The number of Topliss-reactive ketones (excluding diaryl/α,β-unsaturated/α-hetero) is 1. The highest BCUT2D eigenvalue weighted by atomic mass is 35.5. The summed E-state index contributed by atoms with van der Waals surface area (Å²) in [6.45, 7) is 0. The minimum atomic E-state index is -2.28. The van der Waals surface area contributed by atoms with E-state index in [1.54, 1.807) is 31.3 Å². The fourth-order valence-corrected chi connectivity index (χ4v) is 3.15. The van der Waals surface area contributed by atoms with Crippen LogP contribution in [0.1, 0.15) is 15.9 Å². The number of nitrogens with zero attached hydrogens (tertiary/aromatic N) is 1. The highest BCUT2D eigenvalue weighted by molar-refractivity contribution is 6.30. The van der Waals surface area contributed by atoms with Gasteiger partial charge in [-0.15, -0.1) is 0 Å². The van der Waals surface area contributed by atoms with Crippen molar-refractivity contribution in [2.24, 2.45) is 12.8 Å². The molecular weight excluding hydrogens is 368 g/mol. The molecule has 0 aliphatic rings. The molecule has 1 atom stereocenters. The zero-order valence-electron chi connectivity index (χ0n) is 14.5. The second-order valence-electron chi connectivity index (χ2n) is 6.38. The van der Waals surface area contributed by atoms with Gasteiger partial charge in [-0.05, 0) is 41.8 Å². The Hall–Kier alpha value is -2.96. The van der Waals surface area contributed by atoms with Gasteiger partial charge in [-0.3, -0.25) is 9.59 Å². The number of fused-ring (bicyclic) bond motifs is 1. The number of hydrogen-bond acceptors (Lipinski definition) is 4. The molecule has 1 heterocycles. The molecule has 138 valence electrons. The SMILES string of the molecule is Cn1c(=O)c(CC(N)(C(=O)O)C(=O)c2ccc(Cl)cc2)cc2ccccc21. The molecule has 0 amide bonds. The van der Waals surface area contributed by atoms with Gasteiger partial charge < -0.3 is 15.4 Å². The molecule has 0 spiro atoms. The Morgan fingerprint density at radius 2 is 1.78 bits per heavy atom. The number of rotatable bonds is 5. The first kappa shape index (κ1) is 18.8. The Morgan fingerprint density at radius 3 is 2.41 bits per heavy atom. The second-order valence-corrected chi connectivity index (χ2v) is 6.82. The standard InChI is InChI=1S/C20H17ClN2O4/c1-23-16-5-3-2-4-13(16)10-14(18(23)25)11-20(22,19(26)27)17(24)12-6-8-15(21)9-7-12/h2-10H,11,22H2,1H3,(H,26,27). The van der Waals surface area contributed by atoms with E-state index in [2.05, 4.69) is 0 Å². The maximum atomic E-state index is 12.8. The highest BCUT2D eigenvalue weighted by Gasteiger charge is 2.43. The number of para-hydroxylation sites is 1. The van der Waals surface area contributed by atoms with Crippen LogP contribution in [0.2, 0.25) is 5.02 Å². The molecule has 3 N–H and O–H groups in total. The van der Waals surface area contributed by atoms with E-state index < -0.39 is 29.3 Å². The minimum Gasteiger partial charge on any atom is -0.480 e. The van der Waals surface area contributed by atoms with E-state index in [0.717, 1.165) is 5.39 Å². The van der Waals surface area contributed by atoms with E-state index in [-0.39, 0.29) is 11.1 Å². The molecule has 7 heteroatoms. The quantitative estimate of drug-likeness (QED) is 0.519. The van der Waals surface area contributed by atoms with Crippen LogP contribution in [0, 0.1) is 0 Å². The van der Waals surface area contributed by atoms with E-state index in [1.165, 1.54) is 28.8 Å². The van der Waals surface area contributed by atoms with Crippen LogP contribution in [0.25, 0.3) is 10.9 Å². The third-order valence-corrected chi connectivity index (χ3v) is 4.82. The number of carboxylic acids is 1. The lowest BCUT2D eigenvalue weighted by atomic mass is 9.84. The fraction of sp³-hybridized carbons (Fsp3) is 0.150. The number of hydrogen-bond donors (Lipinski definition) is 2. The van der Waals surface area contributed by atoms with Crippen LogP contribution in [-0.4, -0.2) is 27.0 Å². The highest BCUT2D eigenvalue weighted by Crippen LogP contribution is 2.20. The lowest BCUT2D eigenvalue weighted by Gasteiger charge is -2.23. The van der Waals surface area contributed by atoms with Gasteiger partial charge in [-0.2, -0.15) is 0 Å². The van der Waals surface area contributed by atoms with E-state index in [0.29, 0.717) is 10.5 Å².